The highest BCUT2D eigenvalue weighted by molar-refractivity contribution is 5.33. The van der Waals surface area contributed by atoms with Gasteiger partial charge in [0.1, 0.15) is 0 Å². The first-order valence-corrected chi connectivity index (χ1v) is 5.45. The minimum atomic E-state index is 0.191. The van der Waals surface area contributed by atoms with Crippen LogP contribution in [0.3, 0.4) is 0 Å². The topological polar surface area (TPSA) is 26.0 Å². The van der Waals surface area contributed by atoms with Gasteiger partial charge in [-0.3, -0.25) is 0 Å². The van der Waals surface area contributed by atoms with Gasteiger partial charge in [0.05, 0.1) is 0 Å². The van der Waals surface area contributed by atoms with Crippen molar-refractivity contribution in [1.82, 2.24) is 0 Å². The molecule has 2 rings (SSSR count). The Balaban J connectivity index is 2.05. The fraction of sp³-hybridized carbons (Fsp3) is 0.538. The minimum Gasteiger partial charge on any atom is -0.325 e. The van der Waals surface area contributed by atoms with E-state index in [1.807, 2.05) is 0 Å². The SMILES string of the molecule is Cc1cccc(CCC2(N)CC2)c1C. The van der Waals surface area contributed by atoms with Crippen molar-refractivity contribution >= 4 is 0 Å². The van der Waals surface area contributed by atoms with Crippen LogP contribution in [0.25, 0.3) is 0 Å². The Hall–Kier alpha value is -0.820. The van der Waals surface area contributed by atoms with Gasteiger partial charge in [0.25, 0.3) is 0 Å². The number of rotatable bonds is 3. The Bertz CT molecular complexity index is 337. The molecule has 1 aromatic rings. The van der Waals surface area contributed by atoms with Gasteiger partial charge in [-0.2, -0.15) is 0 Å². The van der Waals surface area contributed by atoms with Gasteiger partial charge in [-0.15, -0.1) is 0 Å². The van der Waals surface area contributed by atoms with E-state index >= 15 is 0 Å². The van der Waals surface area contributed by atoms with E-state index in [1.54, 1.807) is 0 Å². The maximum absolute atomic E-state index is 6.08. The molecule has 14 heavy (non-hydrogen) atoms. The second-order valence-corrected chi connectivity index (χ2v) is 4.72. The third-order valence-electron chi connectivity index (χ3n) is 3.50. The molecule has 0 saturated heterocycles. The fourth-order valence-corrected chi connectivity index (χ4v) is 1.88. The predicted octanol–water partition coefficient (Wildman–Crippen LogP) is 2.73. The highest BCUT2D eigenvalue weighted by Crippen LogP contribution is 2.36. The molecule has 1 aliphatic carbocycles. The van der Waals surface area contributed by atoms with Gasteiger partial charge >= 0.3 is 0 Å². The third-order valence-corrected chi connectivity index (χ3v) is 3.50. The number of benzene rings is 1. The van der Waals surface area contributed by atoms with Gasteiger partial charge in [0.15, 0.2) is 0 Å². The lowest BCUT2D eigenvalue weighted by Crippen LogP contribution is -2.22. The maximum Gasteiger partial charge on any atom is 0.0158 e. The molecule has 0 aliphatic heterocycles. The van der Waals surface area contributed by atoms with Crippen LogP contribution < -0.4 is 5.73 Å². The van der Waals surface area contributed by atoms with Crippen LogP contribution in [-0.2, 0) is 6.42 Å². The van der Waals surface area contributed by atoms with Crippen molar-refractivity contribution in [2.45, 2.75) is 45.1 Å². The van der Waals surface area contributed by atoms with Crippen LogP contribution in [0.5, 0.6) is 0 Å². The molecule has 76 valence electrons. The zero-order chi connectivity index (χ0) is 10.2. The normalized spacial score (nSPS) is 18.2. The molecule has 0 heterocycles. The van der Waals surface area contributed by atoms with E-state index in [1.165, 1.54) is 29.5 Å². The summed E-state index contributed by atoms with van der Waals surface area (Å²) in [5.74, 6) is 0. The molecule has 2 N–H and O–H groups in total. The molecule has 1 aromatic carbocycles. The molecule has 1 saturated carbocycles. The van der Waals surface area contributed by atoms with Crippen LogP contribution in [0.2, 0.25) is 0 Å². The standard InChI is InChI=1S/C13H19N/c1-10-4-3-5-12(11(10)2)6-7-13(14)8-9-13/h3-5H,6-9,14H2,1-2H3. The van der Waals surface area contributed by atoms with Crippen molar-refractivity contribution in [1.29, 1.82) is 0 Å². The summed E-state index contributed by atoms with van der Waals surface area (Å²) in [6.45, 7) is 4.38. The first-order valence-electron chi connectivity index (χ1n) is 5.45. The molecule has 0 atom stereocenters. The molecule has 1 heteroatoms. The number of nitrogens with two attached hydrogens (primary N) is 1. The molecule has 0 unspecified atom stereocenters. The first-order chi connectivity index (χ1) is 6.61. The number of aryl methyl sites for hydroxylation is 2. The minimum absolute atomic E-state index is 0.191. The molecule has 1 fully saturated rings. The lowest BCUT2D eigenvalue weighted by atomic mass is 9.97. The molecule has 0 radical (unpaired) electrons. The largest absolute Gasteiger partial charge is 0.325 e. The highest BCUT2D eigenvalue weighted by Gasteiger charge is 2.37. The van der Waals surface area contributed by atoms with Crippen molar-refractivity contribution in [3.05, 3.63) is 34.9 Å². The molecule has 1 aliphatic rings. The van der Waals surface area contributed by atoms with Crippen LogP contribution >= 0.6 is 0 Å². The lowest BCUT2D eigenvalue weighted by Gasteiger charge is -2.11. The fourth-order valence-electron chi connectivity index (χ4n) is 1.88. The van der Waals surface area contributed by atoms with Crippen molar-refractivity contribution in [2.75, 3.05) is 0 Å². The summed E-state index contributed by atoms with van der Waals surface area (Å²) in [6.07, 6.45) is 4.73. The zero-order valence-electron chi connectivity index (χ0n) is 9.14. The summed E-state index contributed by atoms with van der Waals surface area (Å²) in [5.41, 5.74) is 10.6. The van der Waals surface area contributed by atoms with Crippen LogP contribution in [0.1, 0.15) is 36.0 Å². The van der Waals surface area contributed by atoms with Crippen LogP contribution in [0, 0.1) is 13.8 Å². The van der Waals surface area contributed by atoms with E-state index in [-0.39, 0.29) is 5.54 Å². The van der Waals surface area contributed by atoms with E-state index < -0.39 is 0 Å². The van der Waals surface area contributed by atoms with Gasteiger partial charge in [-0.05, 0) is 56.2 Å². The van der Waals surface area contributed by atoms with Crippen molar-refractivity contribution < 1.29 is 0 Å². The Morgan fingerprint density at radius 3 is 2.64 bits per heavy atom. The summed E-state index contributed by atoms with van der Waals surface area (Å²) in [6, 6.07) is 6.55. The molecule has 0 aromatic heterocycles. The highest BCUT2D eigenvalue weighted by atomic mass is 14.8. The predicted molar refractivity (Wildman–Crippen MR) is 60.4 cm³/mol. The molecule has 0 amide bonds. The molecular weight excluding hydrogens is 170 g/mol. The number of hydrogen-bond donors (Lipinski definition) is 1. The molecule has 0 spiro atoms. The van der Waals surface area contributed by atoms with Gasteiger partial charge in [0.2, 0.25) is 0 Å². The Labute approximate surface area is 86.3 Å². The number of hydrogen-bond acceptors (Lipinski definition) is 1. The summed E-state index contributed by atoms with van der Waals surface area (Å²) < 4.78 is 0. The monoisotopic (exact) mass is 189 g/mol. The Morgan fingerprint density at radius 1 is 1.29 bits per heavy atom. The summed E-state index contributed by atoms with van der Waals surface area (Å²) in [5, 5.41) is 0. The van der Waals surface area contributed by atoms with E-state index in [9.17, 15) is 0 Å². The second-order valence-electron chi connectivity index (χ2n) is 4.72. The van der Waals surface area contributed by atoms with Gasteiger partial charge in [-0.25, -0.2) is 0 Å². The molecular formula is C13H19N. The second kappa shape index (κ2) is 3.39. The van der Waals surface area contributed by atoms with Crippen LogP contribution in [-0.4, -0.2) is 5.54 Å². The van der Waals surface area contributed by atoms with Crippen molar-refractivity contribution in [2.24, 2.45) is 5.73 Å². The average Bonchev–Trinajstić information content (AvgIpc) is 2.88. The lowest BCUT2D eigenvalue weighted by molar-refractivity contribution is 0.608. The first kappa shape index (κ1) is 9.72. The smallest absolute Gasteiger partial charge is 0.0158 e. The average molecular weight is 189 g/mol. The van der Waals surface area contributed by atoms with Crippen molar-refractivity contribution in [3.8, 4) is 0 Å². The van der Waals surface area contributed by atoms with Crippen LogP contribution in [0.15, 0.2) is 18.2 Å². The third kappa shape index (κ3) is 1.98. The maximum atomic E-state index is 6.08. The quantitative estimate of drug-likeness (QED) is 0.777. The van der Waals surface area contributed by atoms with Gasteiger partial charge in [-0.1, -0.05) is 18.2 Å². The summed E-state index contributed by atoms with van der Waals surface area (Å²) in [4.78, 5) is 0. The van der Waals surface area contributed by atoms with Crippen LogP contribution in [0.4, 0.5) is 0 Å². The molecule has 0 bridgehead atoms. The van der Waals surface area contributed by atoms with E-state index in [2.05, 4.69) is 32.0 Å². The summed E-state index contributed by atoms with van der Waals surface area (Å²) in [7, 11) is 0. The van der Waals surface area contributed by atoms with E-state index in [4.69, 9.17) is 5.73 Å². The zero-order valence-corrected chi connectivity index (χ0v) is 9.14. The van der Waals surface area contributed by atoms with Gasteiger partial charge < -0.3 is 5.73 Å². The summed E-state index contributed by atoms with van der Waals surface area (Å²) >= 11 is 0. The molecule has 1 nitrogen and oxygen atoms in total. The van der Waals surface area contributed by atoms with Crippen molar-refractivity contribution in [3.63, 3.8) is 0 Å². The Kier molecular flexibility index (Phi) is 2.36. The Morgan fingerprint density at radius 2 is 2.00 bits per heavy atom. The van der Waals surface area contributed by atoms with E-state index in [0.29, 0.717) is 0 Å². The van der Waals surface area contributed by atoms with E-state index in [0.717, 1.165) is 12.8 Å². The van der Waals surface area contributed by atoms with Gasteiger partial charge in [0, 0.05) is 5.54 Å².